The fraction of sp³-hybridized carbons (Fsp3) is 0.422. The number of carboxylic acid groups (broad SMARTS) is 1. The van der Waals surface area contributed by atoms with Crippen LogP contribution in [0.2, 0.25) is 0 Å². The molecular formula is C45H54N4O6S. The Kier molecular flexibility index (Phi) is 13.4. The van der Waals surface area contributed by atoms with Crippen LogP contribution in [0.3, 0.4) is 0 Å². The second kappa shape index (κ2) is 19.0. The van der Waals surface area contributed by atoms with Crippen LogP contribution < -0.4 is 15.6 Å². The summed E-state index contributed by atoms with van der Waals surface area (Å²) in [6.45, 7) is 4.67. The number of hydrogen-bond acceptors (Lipinski definition) is 8. The molecule has 5 heterocycles. The highest BCUT2D eigenvalue weighted by atomic mass is 32.1. The lowest BCUT2D eigenvalue weighted by Crippen LogP contribution is -2.59. The zero-order valence-corrected chi connectivity index (χ0v) is 32.8. The van der Waals surface area contributed by atoms with Gasteiger partial charge in [-0.25, -0.2) is 4.79 Å². The van der Waals surface area contributed by atoms with Gasteiger partial charge in [-0.1, -0.05) is 74.6 Å². The lowest BCUT2D eigenvalue weighted by molar-refractivity contribution is -0.000806. The van der Waals surface area contributed by atoms with Gasteiger partial charge in [0.1, 0.15) is 11.5 Å². The Hall–Kier alpha value is -4.68. The summed E-state index contributed by atoms with van der Waals surface area (Å²) in [5.74, 6) is 1.13. The van der Waals surface area contributed by atoms with Gasteiger partial charge in [0.2, 0.25) is 5.56 Å². The van der Waals surface area contributed by atoms with Crippen LogP contribution in [-0.2, 0) is 0 Å². The second-order valence-corrected chi connectivity index (χ2v) is 16.3. The number of aliphatic hydroxyl groups is 1. The molecule has 56 heavy (non-hydrogen) atoms. The van der Waals surface area contributed by atoms with E-state index in [2.05, 4.69) is 44.8 Å². The van der Waals surface area contributed by atoms with E-state index >= 15 is 0 Å². The fourth-order valence-corrected chi connectivity index (χ4v) is 9.33. The number of piperidine rings is 3. The van der Waals surface area contributed by atoms with Crippen LogP contribution in [0.25, 0.3) is 21.3 Å². The van der Waals surface area contributed by atoms with E-state index in [1.807, 2.05) is 36.4 Å². The molecule has 296 valence electrons. The topological polar surface area (TPSA) is 138 Å². The van der Waals surface area contributed by atoms with Crippen LogP contribution in [0.5, 0.6) is 11.5 Å². The number of phenols is 1. The number of nitrogens with one attached hydrogen (secondary N) is 2. The molecule has 3 fully saturated rings. The number of aromatic hydroxyl groups is 1. The van der Waals surface area contributed by atoms with E-state index in [0.29, 0.717) is 35.5 Å². The third kappa shape index (κ3) is 9.64. The van der Waals surface area contributed by atoms with Crippen molar-refractivity contribution in [3.63, 3.8) is 0 Å². The van der Waals surface area contributed by atoms with E-state index in [-0.39, 0.29) is 17.4 Å². The number of nitrogens with zero attached hydrogens (tertiary/aromatic N) is 2. The minimum absolute atomic E-state index is 0.0134. The number of rotatable bonds is 19. The molecule has 5 N–H and O–H groups in total. The molecule has 3 saturated heterocycles. The van der Waals surface area contributed by atoms with Gasteiger partial charge in [-0.15, -0.1) is 11.3 Å². The van der Waals surface area contributed by atoms with E-state index in [9.17, 15) is 24.9 Å². The molecule has 5 aromatic rings. The molecule has 2 aromatic heterocycles. The molecule has 3 atom stereocenters. The Bertz CT molecular complexity index is 2080. The molecule has 10 nitrogen and oxygen atoms in total. The predicted molar refractivity (Wildman–Crippen MR) is 223 cm³/mol. The zero-order chi connectivity index (χ0) is 38.9. The summed E-state index contributed by atoms with van der Waals surface area (Å²) < 4.78 is 6.44. The predicted octanol–water partition coefficient (Wildman–Crippen LogP) is 8.56. The molecule has 2 bridgehead atoms. The maximum absolute atomic E-state index is 13.2. The first-order valence-electron chi connectivity index (χ1n) is 20.2. The number of aromatic nitrogens is 1. The Balaban J connectivity index is 0.894. The van der Waals surface area contributed by atoms with Crippen molar-refractivity contribution >= 4 is 28.3 Å². The molecule has 0 saturated carbocycles. The Morgan fingerprint density at radius 3 is 2.39 bits per heavy atom. The van der Waals surface area contributed by atoms with Crippen molar-refractivity contribution in [2.45, 2.75) is 76.0 Å². The van der Waals surface area contributed by atoms with Crippen molar-refractivity contribution in [2.24, 2.45) is 5.92 Å². The van der Waals surface area contributed by atoms with Gasteiger partial charge in [-0.05, 0) is 115 Å². The number of fused-ring (bicyclic) bond motifs is 4. The number of thiophene rings is 1. The van der Waals surface area contributed by atoms with Gasteiger partial charge in [-0.3, -0.25) is 9.69 Å². The lowest BCUT2D eigenvalue weighted by Gasteiger charge is -2.50. The maximum Gasteiger partial charge on any atom is 0.408 e. The van der Waals surface area contributed by atoms with Crippen molar-refractivity contribution in [3.8, 4) is 21.9 Å². The molecule has 1 amide bonds. The number of ether oxygens (including phenoxy) is 1. The second-order valence-electron chi connectivity index (χ2n) is 15.3. The van der Waals surface area contributed by atoms with Crippen molar-refractivity contribution in [2.75, 3.05) is 39.3 Å². The molecule has 3 aromatic carbocycles. The van der Waals surface area contributed by atoms with Crippen LogP contribution in [0.1, 0.15) is 86.6 Å². The van der Waals surface area contributed by atoms with Gasteiger partial charge >= 0.3 is 6.09 Å². The number of hydrogen-bond donors (Lipinski definition) is 5. The average Bonchev–Trinajstić information content (AvgIpc) is 3.77. The molecule has 0 spiro atoms. The number of unbranched alkanes of at least 4 members (excludes halogenated alkanes) is 6. The number of pyridine rings is 1. The zero-order valence-electron chi connectivity index (χ0n) is 31.9. The van der Waals surface area contributed by atoms with Gasteiger partial charge in [0.05, 0.1) is 30.3 Å². The molecule has 8 rings (SSSR count). The standard InChI is InChI=1S/C45H54N4O6S/c50-39-17-15-36(37-16-18-42(52)47-43(37)39)40(51)29-46-21-9-4-2-1-3-5-10-24-55-35-27-33(41-14-11-25-56-41)26-34(28-35)44(32-12-7-6-8-13-32)49(45(53)54)38-30-48-22-19-31(38)20-23-48/h6-8,11-18,25-28,31,38,40,44,46,50-51H,1-5,9-10,19-24,29-30H2,(H,47,52)(H,53,54)/t38-,40-,44?/m0/s1. The quantitative estimate of drug-likeness (QED) is 0.0526. The normalized spacial score (nSPS) is 18.8. The lowest BCUT2D eigenvalue weighted by atomic mass is 9.81. The Morgan fingerprint density at radius 1 is 0.911 bits per heavy atom. The third-order valence-electron chi connectivity index (χ3n) is 11.5. The Morgan fingerprint density at radius 2 is 1.68 bits per heavy atom. The van der Waals surface area contributed by atoms with Gasteiger partial charge in [0.15, 0.2) is 0 Å². The van der Waals surface area contributed by atoms with Gasteiger partial charge in [-0.2, -0.15) is 0 Å². The first-order valence-corrected chi connectivity index (χ1v) is 21.1. The maximum atomic E-state index is 13.2. The first-order chi connectivity index (χ1) is 27.4. The molecular weight excluding hydrogens is 725 g/mol. The summed E-state index contributed by atoms with van der Waals surface area (Å²) in [7, 11) is 0. The highest BCUT2D eigenvalue weighted by Gasteiger charge is 2.43. The molecule has 1 unspecified atom stereocenters. The third-order valence-corrected chi connectivity index (χ3v) is 12.4. The summed E-state index contributed by atoms with van der Waals surface area (Å²) in [5.41, 5.74) is 3.66. The van der Waals surface area contributed by atoms with Gasteiger partial charge < -0.3 is 35.3 Å². The first kappa shape index (κ1) is 39.6. The molecule has 11 heteroatoms. The number of carbonyl (C=O) groups is 1. The molecule has 0 aliphatic carbocycles. The SMILES string of the molecule is O=C(O)N(C(c1ccccc1)c1cc(OCCCCCCCCCNC[C@H](O)c2ccc(O)c3[nH]c(=O)ccc23)cc(-c2cccs2)c1)[C@H]1CN2CCC1CC2. The van der Waals surface area contributed by atoms with Crippen molar-refractivity contribution in [1.29, 1.82) is 0 Å². The van der Waals surface area contributed by atoms with Crippen LogP contribution in [-0.4, -0.2) is 81.6 Å². The number of benzene rings is 3. The van der Waals surface area contributed by atoms with Crippen molar-refractivity contribution in [1.82, 2.24) is 20.1 Å². The Labute approximate surface area is 332 Å². The molecule has 3 aliphatic rings. The van der Waals surface area contributed by atoms with Crippen LogP contribution in [0, 0.1) is 5.92 Å². The fourth-order valence-electron chi connectivity index (χ4n) is 8.61. The highest BCUT2D eigenvalue weighted by molar-refractivity contribution is 7.13. The van der Waals surface area contributed by atoms with Crippen molar-refractivity contribution < 1.29 is 24.9 Å². The van der Waals surface area contributed by atoms with Gasteiger partial charge in [0, 0.05) is 29.4 Å². The monoisotopic (exact) mass is 778 g/mol. The summed E-state index contributed by atoms with van der Waals surface area (Å²) in [6, 6.07) is 26.3. The van der Waals surface area contributed by atoms with Crippen molar-refractivity contribution in [3.05, 3.63) is 117 Å². The largest absolute Gasteiger partial charge is 0.506 e. The van der Waals surface area contributed by atoms with Crippen LogP contribution >= 0.6 is 11.3 Å². The van der Waals surface area contributed by atoms with E-state index in [1.165, 1.54) is 12.1 Å². The smallest absolute Gasteiger partial charge is 0.408 e. The number of aromatic amines is 1. The van der Waals surface area contributed by atoms with E-state index in [4.69, 9.17) is 4.74 Å². The molecule has 0 radical (unpaired) electrons. The minimum atomic E-state index is -0.878. The molecule has 3 aliphatic heterocycles. The summed E-state index contributed by atoms with van der Waals surface area (Å²) in [4.78, 5) is 32.8. The summed E-state index contributed by atoms with van der Waals surface area (Å²) >= 11 is 1.68. The number of aliphatic hydroxyl groups excluding tert-OH is 1. The van der Waals surface area contributed by atoms with Gasteiger partial charge in [0.25, 0.3) is 0 Å². The van der Waals surface area contributed by atoms with Crippen LogP contribution in [0.15, 0.2) is 95.1 Å². The van der Waals surface area contributed by atoms with Crippen LogP contribution in [0.4, 0.5) is 4.79 Å². The van der Waals surface area contributed by atoms with E-state index in [1.54, 1.807) is 28.4 Å². The van der Waals surface area contributed by atoms with E-state index in [0.717, 1.165) is 111 Å². The highest BCUT2D eigenvalue weighted by Crippen LogP contribution is 2.41. The van der Waals surface area contributed by atoms with E-state index < -0.39 is 18.2 Å². The average molecular weight is 779 g/mol. The minimum Gasteiger partial charge on any atom is -0.506 e. The number of H-pyrrole nitrogens is 1. The number of phenolic OH excluding ortho intramolecular Hbond substituents is 1. The summed E-state index contributed by atoms with van der Waals surface area (Å²) in [5, 5.41) is 37.8. The summed E-state index contributed by atoms with van der Waals surface area (Å²) in [6.07, 6.45) is 8.02. The number of amides is 1.